The van der Waals surface area contributed by atoms with Crippen LogP contribution in [0.15, 0.2) is 18.2 Å². The molecule has 0 fully saturated rings. The van der Waals surface area contributed by atoms with E-state index in [1.807, 2.05) is 5.43 Å². The van der Waals surface area contributed by atoms with E-state index in [2.05, 4.69) is 4.98 Å². The zero-order valence-electron chi connectivity index (χ0n) is 9.55. The maximum absolute atomic E-state index is 13.6. The second-order valence-electron chi connectivity index (χ2n) is 3.55. The molecule has 1 aromatic carbocycles. The Morgan fingerprint density at radius 1 is 1.00 bits per heavy atom. The van der Waals surface area contributed by atoms with Crippen molar-refractivity contribution in [3.05, 3.63) is 44.9 Å². The summed E-state index contributed by atoms with van der Waals surface area (Å²) in [4.78, 5) is 3.54. The van der Waals surface area contributed by atoms with E-state index in [0.29, 0.717) is 6.07 Å². The van der Waals surface area contributed by atoms with Gasteiger partial charge in [0.2, 0.25) is 0 Å². The molecular formula is C11H6Cl3F2N3O. The molecule has 0 atom stereocenters. The second kappa shape index (κ2) is 5.97. The molecule has 0 aliphatic rings. The number of benzene rings is 1. The van der Waals surface area contributed by atoms with Crippen molar-refractivity contribution in [1.29, 1.82) is 0 Å². The van der Waals surface area contributed by atoms with E-state index in [0.717, 1.165) is 0 Å². The number of nitrogens with zero attached hydrogens (tertiary/aromatic N) is 1. The van der Waals surface area contributed by atoms with Crippen molar-refractivity contribution in [1.82, 2.24) is 4.98 Å². The molecule has 9 heteroatoms. The number of pyridine rings is 1. The topological polar surface area (TPSA) is 60.2 Å². The quantitative estimate of drug-likeness (QED) is 0.494. The SMILES string of the molecule is NNc1nc(Oc2cc(Cl)c(Cl)cc2Cl)c(F)cc1F. The molecule has 0 saturated heterocycles. The van der Waals surface area contributed by atoms with Gasteiger partial charge >= 0.3 is 0 Å². The van der Waals surface area contributed by atoms with E-state index in [4.69, 9.17) is 45.4 Å². The number of rotatable bonds is 3. The highest BCUT2D eigenvalue weighted by Gasteiger charge is 2.15. The summed E-state index contributed by atoms with van der Waals surface area (Å²) < 4.78 is 31.9. The van der Waals surface area contributed by atoms with E-state index in [-0.39, 0.29) is 26.6 Å². The van der Waals surface area contributed by atoms with Gasteiger partial charge in [0, 0.05) is 12.1 Å². The summed E-state index contributed by atoms with van der Waals surface area (Å²) in [5.74, 6) is 2.18. The minimum atomic E-state index is -1.02. The molecular weight excluding hydrogens is 334 g/mol. The number of anilines is 1. The molecule has 0 bridgehead atoms. The zero-order valence-corrected chi connectivity index (χ0v) is 11.8. The van der Waals surface area contributed by atoms with Gasteiger partial charge in [-0.25, -0.2) is 14.6 Å². The van der Waals surface area contributed by atoms with Crippen LogP contribution in [0.2, 0.25) is 15.1 Å². The summed E-state index contributed by atoms with van der Waals surface area (Å²) in [5, 5.41) is 0.457. The molecule has 3 N–H and O–H groups in total. The van der Waals surface area contributed by atoms with Gasteiger partial charge in [-0.15, -0.1) is 0 Å². The first-order valence-electron chi connectivity index (χ1n) is 5.07. The molecule has 4 nitrogen and oxygen atoms in total. The van der Waals surface area contributed by atoms with Crippen LogP contribution in [0.5, 0.6) is 11.6 Å². The van der Waals surface area contributed by atoms with Crippen molar-refractivity contribution >= 4 is 40.6 Å². The summed E-state index contributed by atoms with van der Waals surface area (Å²) in [5.41, 5.74) is 1.97. The smallest absolute Gasteiger partial charge is 0.258 e. The summed E-state index contributed by atoms with van der Waals surface area (Å²) in [6.45, 7) is 0. The van der Waals surface area contributed by atoms with Gasteiger partial charge in [-0.3, -0.25) is 0 Å². The van der Waals surface area contributed by atoms with E-state index >= 15 is 0 Å². The lowest BCUT2D eigenvalue weighted by molar-refractivity contribution is 0.418. The van der Waals surface area contributed by atoms with Gasteiger partial charge in [0.1, 0.15) is 5.75 Å². The Balaban J connectivity index is 2.42. The van der Waals surface area contributed by atoms with Crippen molar-refractivity contribution in [2.75, 3.05) is 5.43 Å². The number of halogens is 5. The average Bonchev–Trinajstić information content (AvgIpc) is 2.38. The van der Waals surface area contributed by atoms with Gasteiger partial charge in [0.25, 0.3) is 5.88 Å². The van der Waals surface area contributed by atoms with Crippen LogP contribution in [0.4, 0.5) is 14.6 Å². The molecule has 0 amide bonds. The van der Waals surface area contributed by atoms with Crippen LogP contribution in [0.1, 0.15) is 0 Å². The summed E-state index contributed by atoms with van der Waals surface area (Å²) in [6, 6.07) is 3.18. The average molecular weight is 341 g/mol. The van der Waals surface area contributed by atoms with Crippen LogP contribution in [0.3, 0.4) is 0 Å². The van der Waals surface area contributed by atoms with Gasteiger partial charge < -0.3 is 10.2 Å². The van der Waals surface area contributed by atoms with Crippen molar-refractivity contribution in [2.45, 2.75) is 0 Å². The van der Waals surface area contributed by atoms with Crippen LogP contribution in [0.25, 0.3) is 0 Å². The third-order valence-corrected chi connectivity index (χ3v) is 3.23. The number of nitrogens with one attached hydrogen (secondary N) is 1. The zero-order chi connectivity index (χ0) is 14.9. The van der Waals surface area contributed by atoms with Crippen LogP contribution in [-0.2, 0) is 0 Å². The number of nitrogens with two attached hydrogens (primary N) is 1. The van der Waals surface area contributed by atoms with Gasteiger partial charge in [0.05, 0.1) is 15.1 Å². The van der Waals surface area contributed by atoms with E-state index < -0.39 is 17.5 Å². The number of ether oxygens (including phenoxy) is 1. The molecule has 0 radical (unpaired) electrons. The molecule has 0 aliphatic carbocycles. The van der Waals surface area contributed by atoms with E-state index in [1.54, 1.807) is 0 Å². The molecule has 0 spiro atoms. The monoisotopic (exact) mass is 339 g/mol. The summed E-state index contributed by atoms with van der Waals surface area (Å²) in [6.07, 6.45) is 0. The maximum atomic E-state index is 13.6. The van der Waals surface area contributed by atoms with Crippen molar-refractivity contribution in [2.24, 2.45) is 5.84 Å². The Kier molecular flexibility index (Phi) is 4.49. The van der Waals surface area contributed by atoms with Gasteiger partial charge in [-0.05, 0) is 6.07 Å². The first-order chi connectivity index (χ1) is 9.42. The number of hydrogen-bond acceptors (Lipinski definition) is 4. The Hall–Kier alpha value is -1.34. The summed E-state index contributed by atoms with van der Waals surface area (Å²) in [7, 11) is 0. The Labute approximate surface area is 127 Å². The number of hydrogen-bond donors (Lipinski definition) is 2. The van der Waals surface area contributed by atoms with Crippen LogP contribution >= 0.6 is 34.8 Å². The lowest BCUT2D eigenvalue weighted by atomic mass is 10.3. The van der Waals surface area contributed by atoms with E-state index in [1.165, 1.54) is 12.1 Å². The highest BCUT2D eigenvalue weighted by Crippen LogP contribution is 2.36. The molecule has 1 aromatic heterocycles. The predicted molar refractivity (Wildman–Crippen MR) is 73.5 cm³/mol. The predicted octanol–water partition coefficient (Wildman–Crippen LogP) is 4.40. The molecule has 20 heavy (non-hydrogen) atoms. The molecule has 0 aliphatic heterocycles. The van der Waals surface area contributed by atoms with Crippen LogP contribution in [0, 0.1) is 11.6 Å². The fraction of sp³-hybridized carbons (Fsp3) is 0. The minimum absolute atomic E-state index is 0.0158. The van der Waals surface area contributed by atoms with E-state index in [9.17, 15) is 8.78 Å². The lowest BCUT2D eigenvalue weighted by Gasteiger charge is -2.10. The fourth-order valence-electron chi connectivity index (χ4n) is 1.31. The Morgan fingerprint density at radius 2 is 1.65 bits per heavy atom. The maximum Gasteiger partial charge on any atom is 0.258 e. The standard InChI is InChI=1S/C11H6Cl3F2N3O/c12-4-1-6(14)9(2-5(4)13)20-11-8(16)3-7(15)10(18-11)19-17/h1-3H,17H2,(H,18,19). The number of hydrazine groups is 1. The largest absolute Gasteiger partial charge is 0.435 e. The first kappa shape index (κ1) is 15.1. The van der Waals surface area contributed by atoms with Crippen molar-refractivity contribution < 1.29 is 13.5 Å². The van der Waals surface area contributed by atoms with Crippen molar-refractivity contribution in [3.8, 4) is 11.6 Å². The number of nitrogen functional groups attached to an aromatic ring is 1. The fourth-order valence-corrected chi connectivity index (χ4v) is 1.88. The highest BCUT2D eigenvalue weighted by atomic mass is 35.5. The summed E-state index contributed by atoms with van der Waals surface area (Å²) >= 11 is 17.4. The van der Waals surface area contributed by atoms with Gasteiger partial charge in [-0.2, -0.15) is 4.98 Å². The first-order valence-corrected chi connectivity index (χ1v) is 6.20. The second-order valence-corrected chi connectivity index (χ2v) is 4.77. The third-order valence-electron chi connectivity index (χ3n) is 2.22. The molecule has 2 aromatic rings. The normalized spacial score (nSPS) is 10.5. The molecule has 106 valence electrons. The van der Waals surface area contributed by atoms with Gasteiger partial charge in [0.15, 0.2) is 17.5 Å². The third kappa shape index (κ3) is 3.04. The van der Waals surface area contributed by atoms with Crippen LogP contribution in [-0.4, -0.2) is 4.98 Å². The minimum Gasteiger partial charge on any atom is -0.435 e. The lowest BCUT2D eigenvalue weighted by Crippen LogP contribution is -2.11. The molecule has 0 unspecified atom stereocenters. The highest BCUT2D eigenvalue weighted by molar-refractivity contribution is 6.43. The molecule has 2 rings (SSSR count). The van der Waals surface area contributed by atoms with Crippen molar-refractivity contribution in [3.63, 3.8) is 0 Å². The molecule has 0 saturated carbocycles. The number of aromatic nitrogens is 1. The Morgan fingerprint density at radius 3 is 2.30 bits per heavy atom. The van der Waals surface area contributed by atoms with Crippen LogP contribution < -0.4 is 16.0 Å². The van der Waals surface area contributed by atoms with Gasteiger partial charge in [-0.1, -0.05) is 34.8 Å². The molecule has 1 heterocycles. The Bertz CT molecular complexity index is 670.